The summed E-state index contributed by atoms with van der Waals surface area (Å²) in [5.74, 6) is 0.811. The van der Waals surface area contributed by atoms with Gasteiger partial charge in [0.05, 0.1) is 5.02 Å². The van der Waals surface area contributed by atoms with Gasteiger partial charge in [0.1, 0.15) is 5.82 Å². The van der Waals surface area contributed by atoms with Crippen LogP contribution in [0.5, 0.6) is 0 Å². The van der Waals surface area contributed by atoms with Crippen molar-refractivity contribution < 1.29 is 0 Å². The molecule has 2 heterocycles. The van der Waals surface area contributed by atoms with Crippen LogP contribution in [0.4, 0.5) is 5.82 Å². The summed E-state index contributed by atoms with van der Waals surface area (Å²) in [5, 5.41) is 7.49. The number of aromatic nitrogens is 1. The highest BCUT2D eigenvalue weighted by molar-refractivity contribution is 6.32. The van der Waals surface area contributed by atoms with Crippen LogP contribution in [-0.2, 0) is 0 Å². The summed E-state index contributed by atoms with van der Waals surface area (Å²) in [4.78, 5) is 4.24. The van der Waals surface area contributed by atoms with Gasteiger partial charge in [-0.05, 0) is 44.5 Å². The molecule has 1 aliphatic rings. The highest BCUT2D eigenvalue weighted by Gasteiger charge is 2.12. The van der Waals surface area contributed by atoms with Crippen molar-refractivity contribution in [1.82, 2.24) is 10.3 Å². The van der Waals surface area contributed by atoms with Gasteiger partial charge in [-0.3, -0.25) is 0 Å². The van der Waals surface area contributed by atoms with Gasteiger partial charge in [0, 0.05) is 12.2 Å². The Labute approximate surface area is 95.2 Å². The van der Waals surface area contributed by atoms with Gasteiger partial charge in [-0.25, -0.2) is 4.98 Å². The number of halogens is 1. The third kappa shape index (κ3) is 3.08. The molecule has 2 rings (SSSR count). The van der Waals surface area contributed by atoms with Crippen molar-refractivity contribution in [3.05, 3.63) is 23.4 Å². The first-order valence-corrected chi connectivity index (χ1v) is 5.82. The van der Waals surface area contributed by atoms with Crippen molar-refractivity contribution in [1.29, 1.82) is 0 Å². The third-order valence-corrected chi connectivity index (χ3v) is 2.98. The molecule has 2 N–H and O–H groups in total. The van der Waals surface area contributed by atoms with E-state index in [2.05, 4.69) is 15.6 Å². The quantitative estimate of drug-likeness (QED) is 0.811. The molecule has 0 aromatic carbocycles. The van der Waals surface area contributed by atoms with Gasteiger partial charge in [0.15, 0.2) is 0 Å². The Morgan fingerprint density at radius 1 is 1.40 bits per heavy atom. The van der Waals surface area contributed by atoms with Crippen LogP contribution in [-0.4, -0.2) is 24.1 Å². The molecule has 0 aliphatic carbocycles. The van der Waals surface area contributed by atoms with Gasteiger partial charge < -0.3 is 10.6 Å². The Morgan fingerprint density at radius 3 is 3.20 bits per heavy atom. The number of nitrogens with one attached hydrogen (secondary N) is 2. The lowest BCUT2D eigenvalue weighted by atomic mass is 10.1. The fourth-order valence-corrected chi connectivity index (χ4v) is 2.02. The van der Waals surface area contributed by atoms with Crippen LogP contribution in [0.1, 0.15) is 19.3 Å². The van der Waals surface area contributed by atoms with Crippen LogP contribution in [0.2, 0.25) is 5.02 Å². The van der Waals surface area contributed by atoms with E-state index in [4.69, 9.17) is 11.6 Å². The van der Waals surface area contributed by atoms with Crippen LogP contribution in [0, 0.1) is 0 Å². The fourth-order valence-electron chi connectivity index (χ4n) is 1.85. The molecule has 1 unspecified atom stereocenters. The zero-order chi connectivity index (χ0) is 10.5. The Bertz CT molecular complexity index is 308. The SMILES string of the molecule is Clc1cccnc1NC1CCCNCC1. The van der Waals surface area contributed by atoms with E-state index in [1.807, 2.05) is 12.1 Å². The molecule has 0 amide bonds. The molecule has 1 aliphatic heterocycles. The molecule has 0 bridgehead atoms. The van der Waals surface area contributed by atoms with E-state index >= 15 is 0 Å². The monoisotopic (exact) mass is 225 g/mol. The Hall–Kier alpha value is -0.800. The van der Waals surface area contributed by atoms with Gasteiger partial charge in [-0.15, -0.1) is 0 Å². The number of anilines is 1. The molecule has 1 saturated heterocycles. The summed E-state index contributed by atoms with van der Waals surface area (Å²) in [6, 6.07) is 4.21. The third-order valence-electron chi connectivity index (χ3n) is 2.68. The topological polar surface area (TPSA) is 37.0 Å². The van der Waals surface area contributed by atoms with E-state index in [9.17, 15) is 0 Å². The van der Waals surface area contributed by atoms with Crippen LogP contribution < -0.4 is 10.6 Å². The van der Waals surface area contributed by atoms with Crippen molar-refractivity contribution in [2.75, 3.05) is 18.4 Å². The second kappa shape index (κ2) is 5.33. The highest BCUT2D eigenvalue weighted by Crippen LogP contribution is 2.20. The number of nitrogens with zero attached hydrogens (tertiary/aromatic N) is 1. The number of rotatable bonds is 2. The lowest BCUT2D eigenvalue weighted by Crippen LogP contribution is -2.22. The molecule has 1 atom stereocenters. The Kier molecular flexibility index (Phi) is 3.80. The van der Waals surface area contributed by atoms with Gasteiger partial charge >= 0.3 is 0 Å². The Morgan fingerprint density at radius 2 is 2.33 bits per heavy atom. The maximum absolute atomic E-state index is 6.04. The second-order valence-electron chi connectivity index (χ2n) is 3.86. The highest BCUT2D eigenvalue weighted by atomic mass is 35.5. The zero-order valence-electron chi connectivity index (χ0n) is 8.67. The summed E-state index contributed by atoms with van der Waals surface area (Å²) >= 11 is 6.04. The van der Waals surface area contributed by atoms with Crippen molar-refractivity contribution >= 4 is 17.4 Å². The molecule has 0 spiro atoms. The van der Waals surface area contributed by atoms with E-state index in [-0.39, 0.29) is 0 Å². The van der Waals surface area contributed by atoms with E-state index in [0.717, 1.165) is 25.3 Å². The van der Waals surface area contributed by atoms with E-state index in [1.54, 1.807) is 6.20 Å². The molecular weight excluding hydrogens is 210 g/mol. The maximum Gasteiger partial charge on any atom is 0.144 e. The van der Waals surface area contributed by atoms with Crippen molar-refractivity contribution in [3.63, 3.8) is 0 Å². The first-order valence-electron chi connectivity index (χ1n) is 5.44. The number of hydrogen-bond donors (Lipinski definition) is 2. The van der Waals surface area contributed by atoms with Crippen LogP contribution in [0.15, 0.2) is 18.3 Å². The maximum atomic E-state index is 6.04. The van der Waals surface area contributed by atoms with E-state index < -0.39 is 0 Å². The van der Waals surface area contributed by atoms with Gasteiger partial charge in [-0.2, -0.15) is 0 Å². The van der Waals surface area contributed by atoms with Crippen molar-refractivity contribution in [3.8, 4) is 0 Å². The molecule has 0 saturated carbocycles. The lowest BCUT2D eigenvalue weighted by molar-refractivity contribution is 0.635. The van der Waals surface area contributed by atoms with Crippen LogP contribution in [0.3, 0.4) is 0 Å². The minimum absolute atomic E-state index is 0.493. The predicted octanol–water partition coefficient (Wildman–Crippen LogP) is 2.29. The largest absolute Gasteiger partial charge is 0.366 e. The van der Waals surface area contributed by atoms with Crippen molar-refractivity contribution in [2.24, 2.45) is 0 Å². The summed E-state index contributed by atoms with van der Waals surface area (Å²) in [7, 11) is 0. The first-order chi connectivity index (χ1) is 7.36. The number of pyridine rings is 1. The molecule has 4 heteroatoms. The Balaban J connectivity index is 1.98. The van der Waals surface area contributed by atoms with Crippen molar-refractivity contribution in [2.45, 2.75) is 25.3 Å². The normalized spacial score (nSPS) is 22.1. The first kappa shape index (κ1) is 10.7. The molecule has 1 aromatic rings. The molecule has 1 aromatic heterocycles. The average molecular weight is 226 g/mol. The molecule has 0 radical (unpaired) electrons. The molecule has 15 heavy (non-hydrogen) atoms. The van der Waals surface area contributed by atoms with E-state index in [1.165, 1.54) is 12.8 Å². The number of hydrogen-bond acceptors (Lipinski definition) is 3. The average Bonchev–Trinajstić information content (AvgIpc) is 2.50. The summed E-state index contributed by atoms with van der Waals surface area (Å²) in [6.45, 7) is 2.19. The molecule has 1 fully saturated rings. The lowest BCUT2D eigenvalue weighted by Gasteiger charge is -2.17. The second-order valence-corrected chi connectivity index (χ2v) is 4.26. The van der Waals surface area contributed by atoms with E-state index in [0.29, 0.717) is 11.1 Å². The van der Waals surface area contributed by atoms with Crippen LogP contribution in [0.25, 0.3) is 0 Å². The smallest absolute Gasteiger partial charge is 0.144 e. The van der Waals surface area contributed by atoms with Gasteiger partial charge in [-0.1, -0.05) is 11.6 Å². The molecule has 3 nitrogen and oxygen atoms in total. The van der Waals surface area contributed by atoms with Gasteiger partial charge in [0.25, 0.3) is 0 Å². The minimum Gasteiger partial charge on any atom is -0.366 e. The predicted molar refractivity (Wildman–Crippen MR) is 63.4 cm³/mol. The summed E-state index contributed by atoms with van der Waals surface area (Å²) in [6.07, 6.45) is 5.29. The molecule has 82 valence electrons. The summed E-state index contributed by atoms with van der Waals surface area (Å²) < 4.78 is 0. The summed E-state index contributed by atoms with van der Waals surface area (Å²) in [5.41, 5.74) is 0. The van der Waals surface area contributed by atoms with Gasteiger partial charge in [0.2, 0.25) is 0 Å². The standard InChI is InChI=1S/C11H16ClN3/c12-10-4-2-7-14-11(10)15-9-3-1-6-13-8-5-9/h2,4,7,9,13H,1,3,5-6,8H2,(H,14,15). The fraction of sp³-hybridized carbons (Fsp3) is 0.545. The zero-order valence-corrected chi connectivity index (χ0v) is 9.43. The van der Waals surface area contributed by atoms with Crippen LogP contribution >= 0.6 is 11.6 Å². The molecular formula is C11H16ClN3. The minimum atomic E-state index is 0.493.